The van der Waals surface area contributed by atoms with Crippen LogP contribution >= 0.6 is 0 Å². The lowest BCUT2D eigenvalue weighted by Gasteiger charge is -2.08. The summed E-state index contributed by atoms with van der Waals surface area (Å²) in [6.07, 6.45) is 5.08. The first-order valence-corrected chi connectivity index (χ1v) is 7.99. The fourth-order valence-corrected chi connectivity index (χ4v) is 2.35. The molecule has 26 heavy (non-hydrogen) atoms. The Kier molecular flexibility index (Phi) is 5.58. The molecule has 0 saturated heterocycles. The van der Waals surface area contributed by atoms with Gasteiger partial charge in [-0.2, -0.15) is 8.78 Å². The summed E-state index contributed by atoms with van der Waals surface area (Å²) in [4.78, 5) is 8.52. The lowest BCUT2D eigenvalue weighted by molar-refractivity contribution is -0.0498. The highest BCUT2D eigenvalue weighted by Crippen LogP contribution is 2.19. The van der Waals surface area contributed by atoms with Crippen molar-refractivity contribution in [2.24, 2.45) is 0 Å². The van der Waals surface area contributed by atoms with Crippen molar-refractivity contribution in [2.75, 3.05) is 5.32 Å². The first kappa shape index (κ1) is 17.6. The molecule has 0 radical (unpaired) electrons. The number of nitrogens with one attached hydrogen (secondary N) is 1. The molecule has 3 rings (SSSR count). The molecular weight excluding hydrogens is 340 g/mol. The summed E-state index contributed by atoms with van der Waals surface area (Å²) in [6.45, 7) is -2.84. The standard InChI is InChI=1S/C19H17F2N3O2/c20-18(21)26-17-9-5-15(6-10-17)24-19-22-11-14(12-23-19)2-1-13-3-7-16(25)8-4-13/h3-12,18,25H,1-2H2,(H,22,23,24). The first-order valence-electron chi connectivity index (χ1n) is 7.99. The lowest BCUT2D eigenvalue weighted by Crippen LogP contribution is -2.02. The van der Waals surface area contributed by atoms with Crippen molar-refractivity contribution in [1.29, 1.82) is 0 Å². The quantitative estimate of drug-likeness (QED) is 0.659. The number of phenols is 1. The highest BCUT2D eigenvalue weighted by Gasteiger charge is 2.04. The van der Waals surface area contributed by atoms with Gasteiger partial charge in [-0.05, 0) is 60.4 Å². The van der Waals surface area contributed by atoms with E-state index in [9.17, 15) is 13.9 Å². The maximum absolute atomic E-state index is 12.1. The second kappa shape index (κ2) is 8.24. The van der Waals surface area contributed by atoms with E-state index in [1.807, 2.05) is 12.1 Å². The van der Waals surface area contributed by atoms with E-state index in [-0.39, 0.29) is 11.5 Å². The van der Waals surface area contributed by atoms with E-state index in [1.54, 1.807) is 36.7 Å². The van der Waals surface area contributed by atoms with E-state index in [2.05, 4.69) is 20.0 Å². The van der Waals surface area contributed by atoms with Gasteiger partial charge in [0.05, 0.1) is 0 Å². The van der Waals surface area contributed by atoms with Crippen molar-refractivity contribution in [3.05, 3.63) is 72.1 Å². The van der Waals surface area contributed by atoms with E-state index < -0.39 is 6.61 Å². The number of rotatable bonds is 7. The fourth-order valence-electron chi connectivity index (χ4n) is 2.35. The first-order chi connectivity index (χ1) is 12.6. The molecule has 2 N–H and O–H groups in total. The SMILES string of the molecule is Oc1ccc(CCc2cnc(Nc3ccc(OC(F)F)cc3)nc2)cc1. The van der Waals surface area contributed by atoms with Crippen molar-refractivity contribution in [3.8, 4) is 11.5 Å². The minimum atomic E-state index is -2.84. The molecule has 0 spiro atoms. The second-order valence-electron chi connectivity index (χ2n) is 5.61. The number of aromatic nitrogens is 2. The number of aromatic hydroxyl groups is 1. The Morgan fingerprint density at radius 3 is 2.12 bits per heavy atom. The minimum absolute atomic E-state index is 0.0936. The van der Waals surface area contributed by atoms with Crippen LogP contribution in [0.25, 0.3) is 0 Å². The third kappa shape index (κ3) is 5.14. The zero-order chi connectivity index (χ0) is 18.4. The Labute approximate surface area is 149 Å². The topological polar surface area (TPSA) is 67.3 Å². The number of nitrogens with zero attached hydrogens (tertiary/aromatic N) is 2. The molecule has 1 heterocycles. The van der Waals surface area contributed by atoms with E-state index >= 15 is 0 Å². The summed E-state index contributed by atoms with van der Waals surface area (Å²) in [6, 6.07) is 13.2. The summed E-state index contributed by atoms with van der Waals surface area (Å²) in [5, 5.41) is 12.3. The molecule has 1 aromatic heterocycles. The van der Waals surface area contributed by atoms with Crippen molar-refractivity contribution in [3.63, 3.8) is 0 Å². The van der Waals surface area contributed by atoms with Crippen LogP contribution in [0.5, 0.6) is 11.5 Å². The van der Waals surface area contributed by atoms with Crippen LogP contribution in [0, 0.1) is 0 Å². The predicted octanol–water partition coefficient (Wildman–Crippen LogP) is 4.31. The zero-order valence-electron chi connectivity index (χ0n) is 13.8. The number of aryl methyl sites for hydroxylation is 2. The minimum Gasteiger partial charge on any atom is -0.508 e. The fraction of sp³-hybridized carbons (Fsp3) is 0.158. The van der Waals surface area contributed by atoms with E-state index in [0.717, 1.165) is 24.0 Å². The number of anilines is 2. The van der Waals surface area contributed by atoms with Crippen LogP contribution in [-0.2, 0) is 12.8 Å². The molecule has 0 saturated carbocycles. The molecule has 0 aliphatic heterocycles. The van der Waals surface area contributed by atoms with Crippen LogP contribution in [0.1, 0.15) is 11.1 Å². The molecule has 3 aromatic rings. The van der Waals surface area contributed by atoms with Gasteiger partial charge < -0.3 is 15.2 Å². The lowest BCUT2D eigenvalue weighted by atomic mass is 10.1. The van der Waals surface area contributed by atoms with Gasteiger partial charge in [-0.25, -0.2) is 9.97 Å². The second-order valence-corrected chi connectivity index (χ2v) is 5.61. The predicted molar refractivity (Wildman–Crippen MR) is 93.9 cm³/mol. The largest absolute Gasteiger partial charge is 0.508 e. The van der Waals surface area contributed by atoms with Gasteiger partial charge in [-0.15, -0.1) is 0 Å². The Bertz CT molecular complexity index is 823. The molecule has 134 valence electrons. The number of hydrogen-bond donors (Lipinski definition) is 2. The monoisotopic (exact) mass is 357 g/mol. The van der Waals surface area contributed by atoms with Crippen molar-refractivity contribution in [1.82, 2.24) is 9.97 Å². The summed E-state index contributed by atoms with van der Waals surface area (Å²) in [5.41, 5.74) is 2.78. The Balaban J connectivity index is 1.54. The highest BCUT2D eigenvalue weighted by molar-refractivity contribution is 5.54. The van der Waals surface area contributed by atoms with Crippen molar-refractivity contribution < 1.29 is 18.6 Å². The summed E-state index contributed by atoms with van der Waals surface area (Å²) in [7, 11) is 0. The smallest absolute Gasteiger partial charge is 0.387 e. The Morgan fingerprint density at radius 2 is 1.50 bits per heavy atom. The van der Waals surface area contributed by atoms with Gasteiger partial charge in [0, 0.05) is 18.1 Å². The molecule has 5 nitrogen and oxygen atoms in total. The van der Waals surface area contributed by atoms with Gasteiger partial charge in [0.15, 0.2) is 0 Å². The van der Waals surface area contributed by atoms with E-state index in [1.165, 1.54) is 12.1 Å². The van der Waals surface area contributed by atoms with E-state index in [4.69, 9.17) is 0 Å². The number of hydrogen-bond acceptors (Lipinski definition) is 5. The molecule has 0 fully saturated rings. The van der Waals surface area contributed by atoms with Crippen molar-refractivity contribution in [2.45, 2.75) is 19.5 Å². The summed E-state index contributed by atoms with van der Waals surface area (Å²) >= 11 is 0. The van der Waals surface area contributed by atoms with Crippen molar-refractivity contribution >= 4 is 11.6 Å². The maximum Gasteiger partial charge on any atom is 0.387 e. The number of halogens is 2. The summed E-state index contributed by atoms with van der Waals surface area (Å²) in [5.74, 6) is 0.762. The van der Waals surface area contributed by atoms with Gasteiger partial charge >= 0.3 is 6.61 Å². The third-order valence-electron chi connectivity index (χ3n) is 3.68. The number of alkyl halides is 2. The molecule has 0 unspecified atom stereocenters. The molecule has 0 aliphatic carbocycles. The van der Waals surface area contributed by atoms with Gasteiger partial charge in [0.2, 0.25) is 5.95 Å². The number of benzene rings is 2. The normalized spacial score (nSPS) is 10.7. The van der Waals surface area contributed by atoms with Gasteiger partial charge in [-0.1, -0.05) is 12.1 Å². The summed E-state index contributed by atoms with van der Waals surface area (Å²) < 4.78 is 28.6. The number of phenolic OH excluding ortho intramolecular Hbond substituents is 1. The number of ether oxygens (including phenoxy) is 1. The molecule has 0 amide bonds. The highest BCUT2D eigenvalue weighted by atomic mass is 19.3. The molecule has 2 aromatic carbocycles. The molecule has 0 aliphatic rings. The van der Waals surface area contributed by atoms with Crippen LogP contribution in [0.4, 0.5) is 20.4 Å². The maximum atomic E-state index is 12.1. The molecule has 7 heteroatoms. The molecule has 0 atom stereocenters. The van der Waals surface area contributed by atoms with Crippen LogP contribution in [0.2, 0.25) is 0 Å². The van der Waals surface area contributed by atoms with E-state index in [0.29, 0.717) is 11.6 Å². The Hall–Kier alpha value is -3.22. The van der Waals surface area contributed by atoms with Crippen LogP contribution in [-0.4, -0.2) is 21.7 Å². The van der Waals surface area contributed by atoms with Gasteiger partial charge in [0.25, 0.3) is 0 Å². The average molecular weight is 357 g/mol. The van der Waals surface area contributed by atoms with Crippen LogP contribution < -0.4 is 10.1 Å². The average Bonchev–Trinajstić information content (AvgIpc) is 2.64. The molecular formula is C19H17F2N3O2. The Morgan fingerprint density at radius 1 is 0.885 bits per heavy atom. The zero-order valence-corrected chi connectivity index (χ0v) is 13.8. The van der Waals surface area contributed by atoms with Gasteiger partial charge in [-0.3, -0.25) is 0 Å². The molecule has 0 bridgehead atoms. The van der Waals surface area contributed by atoms with Crippen LogP contribution in [0.15, 0.2) is 60.9 Å². The van der Waals surface area contributed by atoms with Crippen LogP contribution in [0.3, 0.4) is 0 Å². The third-order valence-corrected chi connectivity index (χ3v) is 3.68. The van der Waals surface area contributed by atoms with Gasteiger partial charge in [0.1, 0.15) is 11.5 Å².